The van der Waals surface area contributed by atoms with Crippen LogP contribution in [0.25, 0.3) is 0 Å². The Morgan fingerprint density at radius 1 is 1.13 bits per heavy atom. The van der Waals surface area contributed by atoms with Gasteiger partial charge in [0.25, 0.3) is 0 Å². The van der Waals surface area contributed by atoms with Gasteiger partial charge in [0.15, 0.2) is 17.5 Å². The van der Waals surface area contributed by atoms with Gasteiger partial charge in [-0.15, -0.1) is 0 Å². The predicted molar refractivity (Wildman–Crippen MR) is 119 cm³/mol. The first-order chi connectivity index (χ1) is 14.5. The fourth-order valence-corrected chi connectivity index (χ4v) is 3.38. The average Bonchev–Trinajstić information content (AvgIpc) is 3.17. The van der Waals surface area contributed by atoms with Crippen LogP contribution in [-0.4, -0.2) is 57.9 Å². The lowest BCUT2D eigenvalue weighted by molar-refractivity contribution is 0.295. The van der Waals surface area contributed by atoms with Crippen molar-refractivity contribution in [3.63, 3.8) is 0 Å². The van der Waals surface area contributed by atoms with E-state index in [0.29, 0.717) is 13.1 Å². The average molecular weight is 418 g/mol. The molecule has 1 unspecified atom stereocenters. The summed E-state index contributed by atoms with van der Waals surface area (Å²) in [5, 5.41) is 11.0. The number of nitrogens with one attached hydrogen (secondary N) is 2. The maximum Gasteiger partial charge on any atom is 0.191 e. The first-order valence-electron chi connectivity index (χ1n) is 10.3. The van der Waals surface area contributed by atoms with Crippen LogP contribution in [-0.2, 0) is 19.4 Å². The molecule has 30 heavy (non-hydrogen) atoms. The third kappa shape index (κ3) is 5.66. The van der Waals surface area contributed by atoms with Crippen LogP contribution in [0.2, 0.25) is 0 Å². The molecule has 2 N–H and O–H groups in total. The van der Waals surface area contributed by atoms with E-state index in [2.05, 4.69) is 59.7 Å². The summed E-state index contributed by atoms with van der Waals surface area (Å²) in [5.41, 5.74) is 3.24. The van der Waals surface area contributed by atoms with Gasteiger partial charge >= 0.3 is 0 Å². The Balaban J connectivity index is 2.07. The van der Waals surface area contributed by atoms with E-state index in [0.717, 1.165) is 52.9 Å². The fraction of sp³-hybridized carbons (Fsp3) is 0.545. The summed E-state index contributed by atoms with van der Waals surface area (Å²) in [7, 11) is 9.16. The molecule has 0 radical (unpaired) electrons. The molecule has 2 aromatic rings. The van der Waals surface area contributed by atoms with Crippen LogP contribution >= 0.6 is 0 Å². The Labute approximate surface area is 179 Å². The van der Waals surface area contributed by atoms with Crippen LogP contribution in [0.5, 0.6) is 11.5 Å². The molecule has 0 fully saturated rings. The Bertz CT molecular complexity index is 811. The summed E-state index contributed by atoms with van der Waals surface area (Å²) in [6, 6.07) is 6.13. The third-order valence-corrected chi connectivity index (χ3v) is 5.14. The molecule has 0 saturated heterocycles. The predicted octanol–water partition coefficient (Wildman–Crippen LogP) is 2.78. The topological polar surface area (TPSA) is 84.2 Å². The van der Waals surface area contributed by atoms with Gasteiger partial charge in [0.2, 0.25) is 0 Å². The van der Waals surface area contributed by atoms with Gasteiger partial charge < -0.3 is 29.5 Å². The molecular weight excluding hydrogens is 382 g/mol. The first kappa shape index (κ1) is 23.5. The SMILES string of the molecule is CCc1noc(CC)c1CNC(=NC)NCC(c1ccc(OC)c(OC)c1)N(C)C. The van der Waals surface area contributed by atoms with Gasteiger partial charge in [-0.2, -0.15) is 0 Å². The van der Waals surface area contributed by atoms with E-state index < -0.39 is 0 Å². The van der Waals surface area contributed by atoms with Crippen molar-refractivity contribution in [2.75, 3.05) is 41.9 Å². The molecule has 0 bridgehead atoms. The van der Waals surface area contributed by atoms with Crippen LogP contribution in [0.1, 0.15) is 42.5 Å². The number of aromatic nitrogens is 1. The van der Waals surface area contributed by atoms with Crippen LogP contribution < -0.4 is 20.1 Å². The molecule has 8 heteroatoms. The normalized spacial score (nSPS) is 12.7. The molecule has 0 spiro atoms. The number of rotatable bonds is 10. The molecular formula is C22H35N5O3. The lowest BCUT2D eigenvalue weighted by Crippen LogP contribution is -2.41. The standard InChI is InChI=1S/C22H35N5O3/c1-8-17-16(19(9-2)30-26-17)13-24-22(23-3)25-14-18(27(4)5)15-10-11-20(28-6)21(12-15)29-7/h10-12,18H,8-9,13-14H2,1-7H3,(H2,23,24,25). The van der Waals surface area contributed by atoms with Gasteiger partial charge in [-0.05, 0) is 38.2 Å². The number of hydrogen-bond donors (Lipinski definition) is 2. The van der Waals surface area contributed by atoms with E-state index in [1.54, 1.807) is 21.3 Å². The molecule has 8 nitrogen and oxygen atoms in total. The van der Waals surface area contributed by atoms with Gasteiger partial charge in [0.1, 0.15) is 5.76 Å². The number of aliphatic imine (C=N–C) groups is 1. The third-order valence-electron chi connectivity index (χ3n) is 5.14. The van der Waals surface area contributed by atoms with Crippen molar-refractivity contribution in [2.24, 2.45) is 4.99 Å². The molecule has 0 saturated carbocycles. The molecule has 1 aromatic heterocycles. The van der Waals surface area contributed by atoms with Crippen molar-refractivity contribution in [2.45, 2.75) is 39.3 Å². The maximum atomic E-state index is 5.46. The van der Waals surface area contributed by atoms with Crippen molar-refractivity contribution in [1.82, 2.24) is 20.7 Å². The highest BCUT2D eigenvalue weighted by molar-refractivity contribution is 5.79. The van der Waals surface area contributed by atoms with E-state index in [9.17, 15) is 0 Å². The number of ether oxygens (including phenoxy) is 2. The molecule has 0 aliphatic carbocycles. The lowest BCUT2D eigenvalue weighted by atomic mass is 10.1. The van der Waals surface area contributed by atoms with Crippen LogP contribution in [0.4, 0.5) is 0 Å². The van der Waals surface area contributed by atoms with E-state index in [1.165, 1.54) is 0 Å². The zero-order valence-corrected chi connectivity index (χ0v) is 19.2. The van der Waals surface area contributed by atoms with Crippen molar-refractivity contribution in [1.29, 1.82) is 0 Å². The minimum Gasteiger partial charge on any atom is -0.493 e. The number of nitrogens with zero attached hydrogens (tertiary/aromatic N) is 3. The number of likely N-dealkylation sites (N-methyl/N-ethyl adjacent to an activating group) is 1. The van der Waals surface area contributed by atoms with Crippen LogP contribution in [0.3, 0.4) is 0 Å². The quantitative estimate of drug-likeness (QED) is 0.454. The Kier molecular flexibility index (Phi) is 8.98. The largest absolute Gasteiger partial charge is 0.493 e. The zero-order chi connectivity index (χ0) is 22.1. The lowest BCUT2D eigenvalue weighted by Gasteiger charge is -2.26. The molecule has 0 amide bonds. The molecule has 0 aliphatic heterocycles. The number of benzene rings is 1. The Morgan fingerprint density at radius 2 is 1.87 bits per heavy atom. The van der Waals surface area contributed by atoms with Gasteiger partial charge in [0, 0.05) is 32.1 Å². The molecule has 2 rings (SSSR count). The van der Waals surface area contributed by atoms with E-state index in [1.807, 2.05) is 12.1 Å². The highest BCUT2D eigenvalue weighted by Gasteiger charge is 2.18. The van der Waals surface area contributed by atoms with Crippen molar-refractivity contribution in [3.05, 3.63) is 40.8 Å². The summed E-state index contributed by atoms with van der Waals surface area (Å²) < 4.78 is 16.3. The monoisotopic (exact) mass is 417 g/mol. The molecule has 1 aromatic carbocycles. The molecule has 166 valence electrons. The summed E-state index contributed by atoms with van der Waals surface area (Å²) in [6.45, 7) is 5.45. The van der Waals surface area contributed by atoms with Gasteiger partial charge in [-0.25, -0.2) is 0 Å². The molecule has 1 heterocycles. The second-order valence-corrected chi connectivity index (χ2v) is 7.14. The zero-order valence-electron chi connectivity index (χ0n) is 19.2. The van der Waals surface area contributed by atoms with E-state index in [-0.39, 0.29) is 6.04 Å². The van der Waals surface area contributed by atoms with Gasteiger partial charge in [-0.1, -0.05) is 25.1 Å². The highest BCUT2D eigenvalue weighted by atomic mass is 16.5. The minimum absolute atomic E-state index is 0.122. The Hall–Kier alpha value is -2.74. The van der Waals surface area contributed by atoms with E-state index >= 15 is 0 Å². The summed E-state index contributed by atoms with van der Waals surface area (Å²) in [4.78, 5) is 6.52. The number of aryl methyl sites for hydroxylation is 2. The van der Waals surface area contributed by atoms with Crippen molar-refractivity contribution >= 4 is 5.96 Å². The smallest absolute Gasteiger partial charge is 0.191 e. The minimum atomic E-state index is 0.122. The number of hydrogen-bond acceptors (Lipinski definition) is 6. The summed E-state index contributed by atoms with van der Waals surface area (Å²) in [6.07, 6.45) is 1.66. The fourth-order valence-electron chi connectivity index (χ4n) is 3.38. The number of guanidine groups is 1. The Morgan fingerprint density at radius 3 is 2.43 bits per heavy atom. The summed E-state index contributed by atoms with van der Waals surface area (Å²) >= 11 is 0. The van der Waals surface area contributed by atoms with Gasteiger partial charge in [0.05, 0.1) is 26.0 Å². The second kappa shape index (κ2) is 11.4. The highest BCUT2D eigenvalue weighted by Crippen LogP contribution is 2.31. The maximum absolute atomic E-state index is 5.46. The van der Waals surface area contributed by atoms with Crippen molar-refractivity contribution < 1.29 is 14.0 Å². The van der Waals surface area contributed by atoms with Gasteiger partial charge in [-0.3, -0.25) is 4.99 Å². The van der Waals surface area contributed by atoms with E-state index in [4.69, 9.17) is 14.0 Å². The number of methoxy groups -OCH3 is 2. The van der Waals surface area contributed by atoms with Crippen molar-refractivity contribution in [3.8, 4) is 11.5 Å². The first-order valence-corrected chi connectivity index (χ1v) is 10.3. The molecule has 0 aliphatic rings. The molecule has 1 atom stereocenters. The second-order valence-electron chi connectivity index (χ2n) is 7.14. The van der Waals surface area contributed by atoms with Crippen LogP contribution in [0, 0.1) is 0 Å². The van der Waals surface area contributed by atoms with Crippen LogP contribution in [0.15, 0.2) is 27.7 Å². The summed E-state index contributed by atoms with van der Waals surface area (Å²) in [5.74, 6) is 3.09.